The molecule has 0 aliphatic carbocycles. The van der Waals surface area contributed by atoms with E-state index in [1.54, 1.807) is 6.92 Å². The predicted molar refractivity (Wildman–Crippen MR) is 83.6 cm³/mol. The van der Waals surface area contributed by atoms with E-state index in [9.17, 15) is 13.2 Å². The Kier molecular flexibility index (Phi) is 10.7. The van der Waals surface area contributed by atoms with E-state index in [0.717, 1.165) is 25.9 Å². The van der Waals surface area contributed by atoms with Gasteiger partial charge in [-0.25, -0.2) is 8.42 Å². The minimum atomic E-state index is -2.89. The van der Waals surface area contributed by atoms with Crippen LogP contribution < -0.4 is 0 Å². The van der Waals surface area contributed by atoms with Crippen molar-refractivity contribution in [3.8, 4) is 0 Å². The SMILES string of the molecule is CC.CCS(=O)(=O)CCN1CCC(C(=O)OC)CC1.[2H]C. The summed E-state index contributed by atoms with van der Waals surface area (Å²) >= 11 is 0. The summed E-state index contributed by atoms with van der Waals surface area (Å²) < 4.78 is 33.2. The first-order chi connectivity index (χ1) is 9.98. The first-order valence-electron chi connectivity index (χ1n) is 7.99. The molecule has 0 saturated carbocycles. The average molecular weight is 310 g/mol. The minimum Gasteiger partial charge on any atom is -0.469 e. The van der Waals surface area contributed by atoms with Gasteiger partial charge in [-0.1, -0.05) is 28.2 Å². The van der Waals surface area contributed by atoms with Crippen LogP contribution in [-0.2, 0) is 19.4 Å². The molecule has 0 N–H and O–H groups in total. The largest absolute Gasteiger partial charge is 0.469 e. The molecule has 0 aromatic rings. The van der Waals surface area contributed by atoms with E-state index in [1.165, 1.54) is 14.5 Å². The fraction of sp³-hybridized carbons (Fsp3) is 0.929. The van der Waals surface area contributed by atoms with Crippen LogP contribution in [0.15, 0.2) is 0 Å². The lowest BCUT2D eigenvalue weighted by Gasteiger charge is -2.30. The molecule has 6 heteroatoms. The molecule has 0 unspecified atom stereocenters. The molecule has 0 amide bonds. The number of sulfone groups is 1. The van der Waals surface area contributed by atoms with Gasteiger partial charge in [0.05, 0.1) is 18.8 Å². The van der Waals surface area contributed by atoms with E-state index in [-0.39, 0.29) is 23.4 Å². The second kappa shape index (κ2) is 11.1. The van der Waals surface area contributed by atoms with Crippen molar-refractivity contribution in [1.29, 1.82) is 0 Å². The summed E-state index contributed by atoms with van der Waals surface area (Å²) in [6, 6.07) is 0. The molecule has 5 nitrogen and oxygen atoms in total. The van der Waals surface area contributed by atoms with Crippen molar-refractivity contribution in [2.45, 2.75) is 41.0 Å². The van der Waals surface area contributed by atoms with Crippen LogP contribution in [0.1, 0.15) is 42.4 Å². The number of nitrogens with zero attached hydrogens (tertiary/aromatic N) is 1. The highest BCUT2D eigenvalue weighted by Crippen LogP contribution is 2.18. The van der Waals surface area contributed by atoms with Gasteiger partial charge in [0.15, 0.2) is 9.84 Å². The van der Waals surface area contributed by atoms with Gasteiger partial charge in [-0.3, -0.25) is 4.79 Å². The Morgan fingerprint density at radius 1 is 1.35 bits per heavy atom. The third kappa shape index (κ3) is 7.85. The molecule has 1 heterocycles. The van der Waals surface area contributed by atoms with E-state index in [0.29, 0.717) is 6.54 Å². The Balaban J connectivity index is 0. The summed E-state index contributed by atoms with van der Waals surface area (Å²) in [7, 11) is -0.231. The summed E-state index contributed by atoms with van der Waals surface area (Å²) in [5.41, 5.74) is 0. The Hall–Kier alpha value is -0.620. The number of methoxy groups -OCH3 is 1. The van der Waals surface area contributed by atoms with Gasteiger partial charge < -0.3 is 9.64 Å². The Morgan fingerprint density at radius 3 is 2.25 bits per heavy atom. The van der Waals surface area contributed by atoms with Gasteiger partial charge in [-0.2, -0.15) is 0 Å². The molecule has 0 radical (unpaired) electrons. The smallest absolute Gasteiger partial charge is 0.308 e. The summed E-state index contributed by atoms with van der Waals surface area (Å²) in [6.07, 6.45) is 1.53. The van der Waals surface area contributed by atoms with Gasteiger partial charge in [0.2, 0.25) is 0 Å². The molecule has 1 aliphatic heterocycles. The lowest BCUT2D eigenvalue weighted by molar-refractivity contribution is -0.147. The van der Waals surface area contributed by atoms with Crippen molar-refractivity contribution in [3.05, 3.63) is 0 Å². The molecule has 0 bridgehead atoms. The zero-order chi connectivity index (χ0) is 16.9. The third-order valence-electron chi connectivity index (χ3n) is 3.28. The van der Waals surface area contributed by atoms with Crippen molar-refractivity contribution in [3.63, 3.8) is 0 Å². The highest BCUT2D eigenvalue weighted by Gasteiger charge is 2.25. The lowest BCUT2D eigenvalue weighted by Crippen LogP contribution is -2.39. The normalized spacial score (nSPS) is 16.9. The summed E-state index contributed by atoms with van der Waals surface area (Å²) in [4.78, 5) is 13.4. The molecule has 1 fully saturated rings. The van der Waals surface area contributed by atoms with Crippen LogP contribution in [0.5, 0.6) is 0 Å². The second-order valence-electron chi connectivity index (χ2n) is 4.38. The monoisotopic (exact) mass is 310 g/mol. The maximum absolute atomic E-state index is 11.4. The van der Waals surface area contributed by atoms with E-state index in [4.69, 9.17) is 6.11 Å². The number of hydrogen-bond acceptors (Lipinski definition) is 5. The third-order valence-corrected chi connectivity index (χ3v) is 4.96. The second-order valence-corrected chi connectivity index (χ2v) is 6.85. The van der Waals surface area contributed by atoms with Crippen LogP contribution in [0.3, 0.4) is 0 Å². The molecule has 122 valence electrons. The molecular weight excluding hydrogens is 278 g/mol. The molecular formula is C14H31NO4S. The van der Waals surface area contributed by atoms with Gasteiger partial charge in [-0.15, -0.1) is 0 Å². The quantitative estimate of drug-likeness (QED) is 0.726. The summed E-state index contributed by atoms with van der Waals surface area (Å²) in [5.74, 6) is 0.253. The zero-order valence-corrected chi connectivity index (χ0v) is 14.3. The average Bonchev–Trinajstić information content (AvgIpc) is 2.56. The van der Waals surface area contributed by atoms with Gasteiger partial charge in [0, 0.05) is 13.7 Å². The van der Waals surface area contributed by atoms with E-state index in [1.807, 2.05) is 13.8 Å². The number of likely N-dealkylation sites (tertiary alicyclic amines) is 1. The van der Waals surface area contributed by atoms with E-state index >= 15 is 0 Å². The van der Waals surface area contributed by atoms with Gasteiger partial charge in [0.25, 0.3) is 0 Å². The number of esters is 1. The lowest BCUT2D eigenvalue weighted by atomic mass is 9.97. The maximum Gasteiger partial charge on any atom is 0.308 e. The van der Waals surface area contributed by atoms with Crippen molar-refractivity contribution in [2.75, 3.05) is 38.2 Å². The first-order valence-corrected chi connectivity index (χ1v) is 8.81. The molecule has 0 aromatic heterocycles. The van der Waals surface area contributed by atoms with Crippen LogP contribution in [0.4, 0.5) is 0 Å². The number of carbonyl (C=O) groups is 1. The predicted octanol–water partition coefficient (Wildman–Crippen LogP) is 1.97. The summed E-state index contributed by atoms with van der Waals surface area (Å²) in [6.45, 7) is 7.79. The summed E-state index contributed by atoms with van der Waals surface area (Å²) in [5, 5.41) is 0. The van der Waals surface area contributed by atoms with Crippen molar-refractivity contribution in [2.24, 2.45) is 5.92 Å². The van der Waals surface area contributed by atoms with Crippen LogP contribution in [0.2, 0.25) is 0 Å². The first kappa shape index (κ1) is 19.4. The Morgan fingerprint density at radius 2 is 1.85 bits per heavy atom. The minimum absolute atomic E-state index is 0.0148. The molecule has 1 rings (SSSR count). The zero-order valence-electron chi connectivity index (χ0n) is 14.5. The van der Waals surface area contributed by atoms with E-state index in [2.05, 4.69) is 4.90 Å². The molecule has 1 aliphatic rings. The van der Waals surface area contributed by atoms with Crippen LogP contribution in [-0.4, -0.2) is 57.5 Å². The standard InChI is InChI=1S/C11H21NO4S.C2H6.CH4/c1-3-17(14,15)9-8-12-6-4-10(5-7-12)11(13)16-2;1-2;/h10H,3-9H2,1-2H3;1-2H3;1H4/i;;1D. The molecule has 0 spiro atoms. The Bertz CT molecular complexity index is 352. The van der Waals surface area contributed by atoms with Gasteiger partial charge in [-0.05, 0) is 25.9 Å². The maximum atomic E-state index is 11.4. The van der Waals surface area contributed by atoms with Gasteiger partial charge in [0.1, 0.15) is 0 Å². The fourth-order valence-corrected chi connectivity index (χ4v) is 2.80. The number of piperidine rings is 1. The molecule has 1 saturated heterocycles. The van der Waals surface area contributed by atoms with E-state index < -0.39 is 9.84 Å². The number of carbonyl (C=O) groups excluding carboxylic acids is 1. The van der Waals surface area contributed by atoms with Crippen LogP contribution in [0.25, 0.3) is 0 Å². The molecule has 0 atom stereocenters. The highest BCUT2D eigenvalue weighted by molar-refractivity contribution is 7.91. The highest BCUT2D eigenvalue weighted by atomic mass is 32.2. The Labute approximate surface area is 126 Å². The fourth-order valence-electron chi connectivity index (χ4n) is 1.97. The number of hydrogen-bond donors (Lipinski definition) is 0. The van der Waals surface area contributed by atoms with Crippen molar-refractivity contribution >= 4 is 15.8 Å². The number of ether oxygens (including phenoxy) is 1. The van der Waals surface area contributed by atoms with Crippen LogP contribution in [0, 0.1) is 5.92 Å². The number of rotatable bonds is 5. The van der Waals surface area contributed by atoms with Crippen molar-refractivity contribution < 1.29 is 19.3 Å². The van der Waals surface area contributed by atoms with Gasteiger partial charge >= 0.3 is 5.97 Å². The topological polar surface area (TPSA) is 63.7 Å². The molecule has 0 aromatic carbocycles. The van der Waals surface area contributed by atoms with Crippen molar-refractivity contribution in [1.82, 2.24) is 4.90 Å². The van der Waals surface area contributed by atoms with Crippen LogP contribution >= 0.6 is 0 Å². The molecule has 20 heavy (non-hydrogen) atoms.